The van der Waals surface area contributed by atoms with Crippen LogP contribution in [0.5, 0.6) is 0 Å². The topological polar surface area (TPSA) is 74.5 Å². The normalized spacial score (nSPS) is 21.9. The summed E-state index contributed by atoms with van der Waals surface area (Å²) >= 11 is 0. The molecule has 4 rings (SSSR count). The van der Waals surface area contributed by atoms with Gasteiger partial charge >= 0.3 is 0 Å². The standard InChI is InChI=1S/C22H31N5O2/c1-17-13-20(25-29-17)14-24-22(28)19-3-2-10-27(16-19)21-6-11-26(12-7-21)15-18-4-8-23-9-5-18/h4-5,8-9,13,19,21H,2-3,6-7,10-12,14-16H2,1H3,(H,24,28). The number of aromatic nitrogens is 2. The Bertz CT molecular complexity index is 786. The second kappa shape index (κ2) is 9.50. The predicted molar refractivity (Wildman–Crippen MR) is 110 cm³/mol. The van der Waals surface area contributed by atoms with E-state index in [2.05, 4.69) is 37.4 Å². The van der Waals surface area contributed by atoms with Crippen molar-refractivity contribution in [2.24, 2.45) is 5.92 Å². The predicted octanol–water partition coefficient (Wildman–Crippen LogP) is 2.37. The van der Waals surface area contributed by atoms with Crippen LogP contribution in [0, 0.1) is 12.8 Å². The van der Waals surface area contributed by atoms with E-state index in [0.29, 0.717) is 12.6 Å². The number of nitrogens with zero attached hydrogens (tertiary/aromatic N) is 4. The van der Waals surface area contributed by atoms with Crippen LogP contribution in [-0.2, 0) is 17.9 Å². The van der Waals surface area contributed by atoms with E-state index in [1.54, 1.807) is 0 Å². The molecule has 0 spiro atoms. The molecule has 1 unspecified atom stereocenters. The van der Waals surface area contributed by atoms with Gasteiger partial charge in [-0.1, -0.05) is 5.16 Å². The number of piperidine rings is 2. The fraction of sp³-hybridized carbons (Fsp3) is 0.591. The first-order chi connectivity index (χ1) is 14.2. The van der Waals surface area contributed by atoms with Crippen LogP contribution in [0.25, 0.3) is 0 Å². The zero-order valence-corrected chi connectivity index (χ0v) is 17.2. The number of carbonyl (C=O) groups excluding carboxylic acids is 1. The number of amides is 1. The van der Waals surface area contributed by atoms with E-state index in [1.165, 1.54) is 18.4 Å². The quantitative estimate of drug-likeness (QED) is 0.807. The largest absolute Gasteiger partial charge is 0.361 e. The average Bonchev–Trinajstić information content (AvgIpc) is 3.18. The first-order valence-corrected chi connectivity index (χ1v) is 10.7. The minimum atomic E-state index is 0.0756. The van der Waals surface area contributed by atoms with Crippen LogP contribution in [0.1, 0.15) is 42.7 Å². The van der Waals surface area contributed by atoms with E-state index in [1.807, 2.05) is 25.4 Å². The lowest BCUT2D eigenvalue weighted by molar-refractivity contribution is -0.127. The Morgan fingerprint density at radius 3 is 2.72 bits per heavy atom. The molecule has 0 bridgehead atoms. The number of hydrogen-bond acceptors (Lipinski definition) is 6. The lowest BCUT2D eigenvalue weighted by Crippen LogP contribution is -2.50. The van der Waals surface area contributed by atoms with Crippen molar-refractivity contribution in [3.05, 3.63) is 47.6 Å². The van der Waals surface area contributed by atoms with Gasteiger partial charge in [-0.2, -0.15) is 0 Å². The van der Waals surface area contributed by atoms with Gasteiger partial charge < -0.3 is 9.84 Å². The highest BCUT2D eigenvalue weighted by molar-refractivity contribution is 5.78. The molecule has 2 aliphatic rings. The van der Waals surface area contributed by atoms with Crippen LogP contribution in [0.2, 0.25) is 0 Å². The highest BCUT2D eigenvalue weighted by Gasteiger charge is 2.31. The molecule has 2 fully saturated rings. The summed E-state index contributed by atoms with van der Waals surface area (Å²) in [5.74, 6) is 0.991. The van der Waals surface area contributed by atoms with Crippen molar-refractivity contribution in [2.45, 2.75) is 51.7 Å². The molecule has 156 valence electrons. The Morgan fingerprint density at radius 2 is 2.00 bits per heavy atom. The second-order valence-corrected chi connectivity index (χ2v) is 8.34. The molecule has 2 saturated heterocycles. The molecule has 0 aromatic carbocycles. The molecule has 7 nitrogen and oxygen atoms in total. The van der Waals surface area contributed by atoms with Gasteiger partial charge in [0.1, 0.15) is 11.5 Å². The zero-order chi connectivity index (χ0) is 20.1. The van der Waals surface area contributed by atoms with Gasteiger partial charge in [0, 0.05) is 37.6 Å². The average molecular weight is 398 g/mol. The first kappa shape index (κ1) is 20.0. The summed E-state index contributed by atoms with van der Waals surface area (Å²) < 4.78 is 5.07. The molecule has 1 N–H and O–H groups in total. The maximum absolute atomic E-state index is 12.7. The summed E-state index contributed by atoms with van der Waals surface area (Å²) in [7, 11) is 0. The minimum Gasteiger partial charge on any atom is -0.361 e. The summed E-state index contributed by atoms with van der Waals surface area (Å²) in [6.07, 6.45) is 8.16. The molecule has 2 aromatic rings. The van der Waals surface area contributed by atoms with E-state index >= 15 is 0 Å². The summed E-state index contributed by atoms with van der Waals surface area (Å²) in [6, 6.07) is 6.66. The van der Waals surface area contributed by atoms with Crippen molar-refractivity contribution in [1.82, 2.24) is 25.3 Å². The maximum atomic E-state index is 12.7. The van der Waals surface area contributed by atoms with E-state index in [9.17, 15) is 4.79 Å². The van der Waals surface area contributed by atoms with Crippen LogP contribution in [-0.4, -0.2) is 58.1 Å². The van der Waals surface area contributed by atoms with Crippen molar-refractivity contribution in [3.8, 4) is 0 Å². The van der Waals surface area contributed by atoms with Crippen molar-refractivity contribution < 1.29 is 9.32 Å². The molecule has 0 aliphatic carbocycles. The minimum absolute atomic E-state index is 0.0756. The highest BCUT2D eigenvalue weighted by Crippen LogP contribution is 2.24. The molecule has 1 atom stereocenters. The fourth-order valence-corrected chi connectivity index (χ4v) is 4.56. The summed E-state index contributed by atoms with van der Waals surface area (Å²) in [6.45, 7) is 7.53. The summed E-state index contributed by atoms with van der Waals surface area (Å²) in [5, 5.41) is 6.99. The number of likely N-dealkylation sites (tertiary alicyclic amines) is 2. The summed E-state index contributed by atoms with van der Waals surface area (Å²) in [5.41, 5.74) is 2.11. The lowest BCUT2D eigenvalue weighted by Gasteiger charge is -2.42. The second-order valence-electron chi connectivity index (χ2n) is 8.34. The maximum Gasteiger partial charge on any atom is 0.224 e. The smallest absolute Gasteiger partial charge is 0.224 e. The van der Waals surface area contributed by atoms with Crippen molar-refractivity contribution >= 4 is 5.91 Å². The molecule has 2 aromatic heterocycles. The highest BCUT2D eigenvalue weighted by atomic mass is 16.5. The number of pyridine rings is 1. The van der Waals surface area contributed by atoms with Gasteiger partial charge in [-0.3, -0.25) is 19.6 Å². The monoisotopic (exact) mass is 397 g/mol. The van der Waals surface area contributed by atoms with E-state index in [0.717, 1.165) is 57.0 Å². The van der Waals surface area contributed by atoms with Gasteiger partial charge in [0.2, 0.25) is 5.91 Å². The third kappa shape index (κ3) is 5.42. The molecule has 4 heterocycles. The van der Waals surface area contributed by atoms with Crippen LogP contribution >= 0.6 is 0 Å². The number of hydrogen-bond donors (Lipinski definition) is 1. The van der Waals surface area contributed by atoms with Gasteiger partial charge in [0.05, 0.1) is 12.5 Å². The van der Waals surface area contributed by atoms with Gasteiger partial charge in [-0.15, -0.1) is 0 Å². The lowest BCUT2D eigenvalue weighted by atomic mass is 9.93. The van der Waals surface area contributed by atoms with Crippen LogP contribution < -0.4 is 5.32 Å². The van der Waals surface area contributed by atoms with E-state index < -0.39 is 0 Å². The van der Waals surface area contributed by atoms with Gasteiger partial charge in [0.15, 0.2) is 0 Å². The van der Waals surface area contributed by atoms with Crippen molar-refractivity contribution in [3.63, 3.8) is 0 Å². The Kier molecular flexibility index (Phi) is 6.56. The van der Waals surface area contributed by atoms with Gasteiger partial charge in [0.25, 0.3) is 0 Å². The molecule has 29 heavy (non-hydrogen) atoms. The van der Waals surface area contributed by atoms with Crippen LogP contribution in [0.15, 0.2) is 35.1 Å². The molecule has 0 saturated carbocycles. The van der Waals surface area contributed by atoms with Crippen molar-refractivity contribution in [2.75, 3.05) is 26.2 Å². The zero-order valence-electron chi connectivity index (χ0n) is 17.2. The Labute approximate surface area is 172 Å². The van der Waals surface area contributed by atoms with E-state index in [4.69, 9.17) is 4.52 Å². The summed E-state index contributed by atoms with van der Waals surface area (Å²) in [4.78, 5) is 21.8. The van der Waals surface area contributed by atoms with Gasteiger partial charge in [-0.25, -0.2) is 0 Å². The third-order valence-corrected chi connectivity index (χ3v) is 6.17. The van der Waals surface area contributed by atoms with E-state index in [-0.39, 0.29) is 11.8 Å². The molecule has 7 heteroatoms. The molecular weight excluding hydrogens is 366 g/mol. The third-order valence-electron chi connectivity index (χ3n) is 6.17. The van der Waals surface area contributed by atoms with Crippen molar-refractivity contribution in [1.29, 1.82) is 0 Å². The Balaban J connectivity index is 1.23. The molecule has 2 aliphatic heterocycles. The molecule has 1 amide bonds. The fourth-order valence-electron chi connectivity index (χ4n) is 4.56. The van der Waals surface area contributed by atoms with Gasteiger partial charge in [-0.05, 0) is 69.9 Å². The molecular formula is C22H31N5O2. The number of aryl methyl sites for hydroxylation is 1. The number of rotatable bonds is 6. The molecule has 0 radical (unpaired) electrons. The SMILES string of the molecule is Cc1cc(CNC(=O)C2CCCN(C3CCN(Cc4ccncc4)CC3)C2)no1. The Hall–Kier alpha value is -2.25. The Morgan fingerprint density at radius 1 is 1.21 bits per heavy atom. The first-order valence-electron chi connectivity index (χ1n) is 10.7. The number of carbonyl (C=O) groups is 1. The number of nitrogens with one attached hydrogen (secondary N) is 1. The van der Waals surface area contributed by atoms with Crippen LogP contribution in [0.4, 0.5) is 0 Å². The van der Waals surface area contributed by atoms with Crippen LogP contribution in [0.3, 0.4) is 0 Å².